The second-order valence-corrected chi connectivity index (χ2v) is 7.92. The summed E-state index contributed by atoms with van der Waals surface area (Å²) in [6, 6.07) is 10.9. The zero-order chi connectivity index (χ0) is 25.6. The summed E-state index contributed by atoms with van der Waals surface area (Å²) in [5.74, 6) is 2.68. The predicted octanol–water partition coefficient (Wildman–Crippen LogP) is 4.65. The van der Waals surface area contributed by atoms with Gasteiger partial charge in [0.1, 0.15) is 11.5 Å². The third kappa shape index (κ3) is 8.24. The van der Waals surface area contributed by atoms with E-state index in [0.29, 0.717) is 41.8 Å². The Hall–Kier alpha value is -3.13. The van der Waals surface area contributed by atoms with E-state index in [1.165, 1.54) is 0 Å². The molecule has 2 rings (SSSR count). The van der Waals surface area contributed by atoms with E-state index in [2.05, 4.69) is 25.7 Å². The van der Waals surface area contributed by atoms with Gasteiger partial charge in [0.05, 0.1) is 33.6 Å². The second kappa shape index (κ2) is 15.0. The van der Waals surface area contributed by atoms with Crippen LogP contribution < -0.4 is 28.6 Å². The molecule has 8 heteroatoms. The van der Waals surface area contributed by atoms with Gasteiger partial charge in [0.15, 0.2) is 18.1 Å². The minimum atomic E-state index is -0.172. The van der Waals surface area contributed by atoms with Crippen LogP contribution in [-0.2, 0) is 4.79 Å². The maximum Gasteiger partial charge on any atom is 0.264 e. The molecule has 0 N–H and O–H groups in total. The topological polar surface area (TPSA) is 69.7 Å². The lowest BCUT2D eigenvalue weighted by Gasteiger charge is -2.27. The lowest BCUT2D eigenvalue weighted by Crippen LogP contribution is -2.41. The van der Waals surface area contributed by atoms with E-state index >= 15 is 0 Å². The van der Waals surface area contributed by atoms with Gasteiger partial charge in [-0.15, -0.1) is 0 Å². The minimum absolute atomic E-state index is 0.106. The van der Waals surface area contributed by atoms with Crippen molar-refractivity contribution in [1.29, 1.82) is 0 Å². The fourth-order valence-electron chi connectivity index (χ4n) is 3.59. The van der Waals surface area contributed by atoms with Crippen LogP contribution in [0.2, 0.25) is 0 Å². The molecule has 0 fully saturated rings. The molecule has 0 aliphatic rings. The lowest BCUT2D eigenvalue weighted by atomic mass is 10.2. The van der Waals surface area contributed by atoms with E-state index < -0.39 is 0 Å². The third-order valence-electron chi connectivity index (χ3n) is 5.75. The second-order valence-electron chi connectivity index (χ2n) is 7.92. The number of unbranched alkanes of at least 4 members (excludes halogenated alkanes) is 1. The molecule has 2 aromatic carbocycles. The Labute approximate surface area is 209 Å². The first-order chi connectivity index (χ1) is 17.0. The number of nitrogens with zero attached hydrogens (tertiary/aromatic N) is 2. The monoisotopic (exact) mass is 488 g/mol. The van der Waals surface area contributed by atoms with Crippen LogP contribution in [0.1, 0.15) is 33.6 Å². The molecule has 0 spiro atoms. The van der Waals surface area contributed by atoms with Gasteiger partial charge in [-0.05, 0) is 43.8 Å². The van der Waals surface area contributed by atoms with Crippen LogP contribution in [-0.4, -0.2) is 71.5 Å². The molecule has 0 bridgehead atoms. The highest BCUT2D eigenvalue weighted by Gasteiger charge is 2.22. The molecule has 0 saturated heterocycles. The minimum Gasteiger partial charge on any atom is -0.494 e. The van der Waals surface area contributed by atoms with Gasteiger partial charge in [0, 0.05) is 25.2 Å². The molecule has 8 nitrogen and oxygen atoms in total. The fourth-order valence-corrected chi connectivity index (χ4v) is 3.59. The van der Waals surface area contributed by atoms with Crippen molar-refractivity contribution in [3.63, 3.8) is 0 Å². The van der Waals surface area contributed by atoms with Gasteiger partial charge in [0.25, 0.3) is 5.91 Å². The summed E-state index contributed by atoms with van der Waals surface area (Å²) in [7, 11) is 4.67. The van der Waals surface area contributed by atoms with Crippen molar-refractivity contribution in [1.82, 2.24) is 4.90 Å². The average Bonchev–Trinajstić information content (AvgIpc) is 2.89. The Kier molecular flexibility index (Phi) is 12.0. The largest absolute Gasteiger partial charge is 0.494 e. The average molecular weight is 489 g/mol. The van der Waals surface area contributed by atoms with Crippen LogP contribution in [0.3, 0.4) is 0 Å². The quantitative estimate of drug-likeness (QED) is 0.319. The molecule has 35 heavy (non-hydrogen) atoms. The summed E-state index contributed by atoms with van der Waals surface area (Å²) in [6.07, 6.45) is 2.09. The van der Waals surface area contributed by atoms with Crippen molar-refractivity contribution in [2.45, 2.75) is 33.6 Å². The summed E-state index contributed by atoms with van der Waals surface area (Å²) in [5.41, 5.74) is 0.653. The number of ether oxygens (including phenoxy) is 5. The molecule has 2 aromatic rings. The highest BCUT2D eigenvalue weighted by molar-refractivity contribution is 5.95. The zero-order valence-electron chi connectivity index (χ0n) is 22.0. The molecule has 194 valence electrons. The van der Waals surface area contributed by atoms with E-state index in [-0.39, 0.29) is 12.5 Å². The first-order valence-corrected chi connectivity index (χ1v) is 12.2. The Morgan fingerprint density at radius 3 is 1.86 bits per heavy atom. The van der Waals surface area contributed by atoms with Crippen LogP contribution in [0, 0.1) is 0 Å². The molecular weight excluding hydrogens is 448 g/mol. The van der Waals surface area contributed by atoms with Gasteiger partial charge >= 0.3 is 0 Å². The maximum atomic E-state index is 13.3. The molecule has 0 heterocycles. The number of methoxy groups -OCH3 is 3. The molecule has 0 aliphatic carbocycles. The zero-order valence-corrected chi connectivity index (χ0v) is 22.0. The van der Waals surface area contributed by atoms with Gasteiger partial charge < -0.3 is 33.5 Å². The summed E-state index contributed by atoms with van der Waals surface area (Å²) in [5, 5.41) is 0. The summed E-state index contributed by atoms with van der Waals surface area (Å²) < 4.78 is 27.9. The molecule has 0 unspecified atom stereocenters. The normalized spacial score (nSPS) is 10.7. The maximum absolute atomic E-state index is 13.3. The fraction of sp³-hybridized carbons (Fsp3) is 0.519. The van der Waals surface area contributed by atoms with Crippen molar-refractivity contribution >= 4 is 11.6 Å². The molecule has 0 aliphatic heterocycles. The smallest absolute Gasteiger partial charge is 0.264 e. The van der Waals surface area contributed by atoms with Crippen LogP contribution in [0.5, 0.6) is 28.7 Å². The number of benzene rings is 2. The molecule has 0 atom stereocenters. The first kappa shape index (κ1) is 28.1. The molecule has 1 amide bonds. The van der Waals surface area contributed by atoms with Crippen molar-refractivity contribution in [2.24, 2.45) is 0 Å². The lowest BCUT2D eigenvalue weighted by molar-refractivity contribution is -0.120. The van der Waals surface area contributed by atoms with Gasteiger partial charge in [-0.25, -0.2) is 0 Å². The number of amides is 1. The van der Waals surface area contributed by atoms with Gasteiger partial charge in [-0.3, -0.25) is 4.79 Å². The number of rotatable bonds is 16. The van der Waals surface area contributed by atoms with Crippen LogP contribution >= 0.6 is 0 Å². The Morgan fingerprint density at radius 2 is 1.37 bits per heavy atom. The van der Waals surface area contributed by atoms with E-state index in [0.717, 1.165) is 38.2 Å². The first-order valence-electron chi connectivity index (χ1n) is 12.2. The van der Waals surface area contributed by atoms with Crippen molar-refractivity contribution in [3.05, 3.63) is 36.4 Å². The van der Waals surface area contributed by atoms with E-state index in [1.807, 2.05) is 24.3 Å². The Balaban J connectivity index is 2.20. The highest BCUT2D eigenvalue weighted by atomic mass is 16.5. The van der Waals surface area contributed by atoms with E-state index in [1.54, 1.807) is 38.4 Å². The van der Waals surface area contributed by atoms with E-state index in [4.69, 9.17) is 23.7 Å². The van der Waals surface area contributed by atoms with Gasteiger partial charge in [0.2, 0.25) is 5.75 Å². The molecule has 0 saturated carbocycles. The number of hydrogen-bond donors (Lipinski definition) is 0. The molecule has 0 aromatic heterocycles. The van der Waals surface area contributed by atoms with Crippen molar-refractivity contribution in [2.75, 3.05) is 65.6 Å². The number of anilines is 1. The van der Waals surface area contributed by atoms with Crippen molar-refractivity contribution in [3.8, 4) is 28.7 Å². The highest BCUT2D eigenvalue weighted by Crippen LogP contribution is 2.41. The molecular formula is C27H40N2O6. The van der Waals surface area contributed by atoms with Crippen LogP contribution in [0.4, 0.5) is 5.69 Å². The van der Waals surface area contributed by atoms with Gasteiger partial charge in [-0.1, -0.05) is 27.2 Å². The number of likely N-dealkylation sites (N-methyl/N-ethyl adjacent to an activating group) is 1. The standard InChI is InChI=1S/C27H40N2O6/c1-7-10-17-34-22-11-13-23(14-12-22)35-20-26(30)29(16-15-28(8-2)9-3)21-18-24(31-4)27(33-6)25(19-21)32-5/h11-14,18-19H,7-10,15-17,20H2,1-6H3. The van der Waals surface area contributed by atoms with Crippen LogP contribution in [0.25, 0.3) is 0 Å². The summed E-state index contributed by atoms with van der Waals surface area (Å²) in [4.78, 5) is 17.3. The van der Waals surface area contributed by atoms with Gasteiger partial charge in [-0.2, -0.15) is 0 Å². The number of carbonyl (C=O) groups is 1. The summed E-state index contributed by atoms with van der Waals surface area (Å²) in [6.45, 7) is 9.93. The Bertz CT molecular complexity index is 874. The Morgan fingerprint density at radius 1 is 0.800 bits per heavy atom. The number of carbonyl (C=O) groups excluding carboxylic acids is 1. The van der Waals surface area contributed by atoms with Crippen LogP contribution in [0.15, 0.2) is 36.4 Å². The predicted molar refractivity (Wildman–Crippen MR) is 139 cm³/mol. The SMILES string of the molecule is CCCCOc1ccc(OCC(=O)N(CCN(CC)CC)c2cc(OC)c(OC)c(OC)c2)cc1. The number of hydrogen-bond acceptors (Lipinski definition) is 7. The molecule has 0 radical (unpaired) electrons. The van der Waals surface area contributed by atoms with E-state index in [9.17, 15) is 4.79 Å². The van der Waals surface area contributed by atoms with Crippen molar-refractivity contribution < 1.29 is 28.5 Å². The third-order valence-corrected chi connectivity index (χ3v) is 5.75. The summed E-state index contributed by atoms with van der Waals surface area (Å²) >= 11 is 0.